The number of amides is 1. The molecule has 2 aromatic rings. The highest BCUT2D eigenvalue weighted by atomic mass is 35.5. The minimum absolute atomic E-state index is 0.200. The number of carbonyl (C=O) groups excluding carboxylic acids is 1. The molecule has 0 aliphatic carbocycles. The van der Waals surface area contributed by atoms with Crippen LogP contribution in [-0.4, -0.2) is 34.2 Å². The Morgan fingerprint density at radius 2 is 1.86 bits per heavy atom. The van der Waals surface area contributed by atoms with Crippen molar-refractivity contribution in [2.75, 3.05) is 24.2 Å². The van der Waals surface area contributed by atoms with E-state index in [1.54, 1.807) is 12.1 Å². The lowest BCUT2D eigenvalue weighted by molar-refractivity contribution is -0.120. The first-order valence-electron chi connectivity index (χ1n) is 8.83. The molecule has 1 amide bonds. The lowest BCUT2D eigenvalue weighted by Crippen LogP contribution is -2.41. The van der Waals surface area contributed by atoms with E-state index in [2.05, 4.69) is 5.32 Å². The highest BCUT2D eigenvalue weighted by molar-refractivity contribution is 7.92. The standard InChI is InChI=1S/C20H25ClN2O4S/c1-5-18(15-8-6-14(2)7-9-15)22-20(24)13-23(28(4,25)26)16-10-11-19(27-3)17(21)12-16/h6-12,18H,5,13H2,1-4H3,(H,22,24)/t18-/m0/s1. The molecule has 0 saturated heterocycles. The average molecular weight is 425 g/mol. The molecule has 1 atom stereocenters. The molecule has 8 heteroatoms. The van der Waals surface area contributed by atoms with Crippen LogP contribution in [0.3, 0.4) is 0 Å². The van der Waals surface area contributed by atoms with Crippen molar-refractivity contribution in [2.24, 2.45) is 0 Å². The number of methoxy groups -OCH3 is 1. The minimum Gasteiger partial charge on any atom is -0.495 e. The third kappa shape index (κ3) is 5.62. The fourth-order valence-electron chi connectivity index (χ4n) is 2.80. The third-order valence-corrected chi connectivity index (χ3v) is 5.77. The van der Waals surface area contributed by atoms with Gasteiger partial charge in [0.25, 0.3) is 0 Å². The summed E-state index contributed by atoms with van der Waals surface area (Å²) in [5.74, 6) is 0.0264. The number of anilines is 1. The number of benzene rings is 2. The molecule has 0 fully saturated rings. The molecule has 0 spiro atoms. The van der Waals surface area contributed by atoms with Crippen LogP contribution in [0.15, 0.2) is 42.5 Å². The molecule has 2 rings (SSSR count). The highest BCUT2D eigenvalue weighted by Gasteiger charge is 2.23. The largest absolute Gasteiger partial charge is 0.495 e. The predicted octanol–water partition coefficient (Wildman–Crippen LogP) is 3.69. The Hall–Kier alpha value is -2.25. The van der Waals surface area contributed by atoms with Crippen molar-refractivity contribution in [3.05, 3.63) is 58.6 Å². The summed E-state index contributed by atoms with van der Waals surface area (Å²) >= 11 is 6.11. The molecule has 2 aromatic carbocycles. The Labute approximate surface area is 171 Å². The quantitative estimate of drug-likeness (QED) is 0.701. The summed E-state index contributed by atoms with van der Waals surface area (Å²) in [6, 6.07) is 12.3. The number of hydrogen-bond acceptors (Lipinski definition) is 4. The molecule has 0 radical (unpaired) electrons. The molecule has 6 nitrogen and oxygen atoms in total. The van der Waals surface area contributed by atoms with Gasteiger partial charge >= 0.3 is 0 Å². The van der Waals surface area contributed by atoms with E-state index in [1.165, 1.54) is 13.2 Å². The van der Waals surface area contributed by atoms with Crippen molar-refractivity contribution in [3.63, 3.8) is 0 Å². The zero-order chi connectivity index (χ0) is 20.9. The van der Waals surface area contributed by atoms with Crippen molar-refractivity contribution in [2.45, 2.75) is 26.3 Å². The molecule has 28 heavy (non-hydrogen) atoms. The van der Waals surface area contributed by atoms with Crippen molar-refractivity contribution in [3.8, 4) is 5.75 Å². The van der Waals surface area contributed by atoms with E-state index < -0.39 is 15.9 Å². The SMILES string of the molecule is CC[C@H](NC(=O)CN(c1ccc(OC)c(Cl)c1)S(C)(=O)=O)c1ccc(C)cc1. The van der Waals surface area contributed by atoms with Crippen molar-refractivity contribution < 1.29 is 17.9 Å². The van der Waals surface area contributed by atoms with E-state index in [-0.39, 0.29) is 17.6 Å². The van der Waals surface area contributed by atoms with Crippen molar-refractivity contribution in [1.82, 2.24) is 5.32 Å². The van der Waals surface area contributed by atoms with E-state index in [0.717, 1.165) is 21.7 Å². The van der Waals surface area contributed by atoms with Gasteiger partial charge in [0.1, 0.15) is 12.3 Å². The number of carbonyl (C=O) groups is 1. The molecule has 0 saturated carbocycles. The molecule has 1 N–H and O–H groups in total. The highest BCUT2D eigenvalue weighted by Crippen LogP contribution is 2.30. The van der Waals surface area contributed by atoms with Crippen LogP contribution in [0.25, 0.3) is 0 Å². The lowest BCUT2D eigenvalue weighted by atomic mass is 10.0. The van der Waals surface area contributed by atoms with Gasteiger partial charge < -0.3 is 10.1 Å². The predicted molar refractivity (Wildman–Crippen MR) is 113 cm³/mol. The average Bonchev–Trinajstić information content (AvgIpc) is 2.64. The smallest absolute Gasteiger partial charge is 0.241 e. The first-order valence-corrected chi connectivity index (χ1v) is 11.1. The molecule has 0 aliphatic rings. The number of nitrogens with one attached hydrogen (secondary N) is 1. The van der Waals surface area contributed by atoms with E-state index in [4.69, 9.17) is 16.3 Å². The Morgan fingerprint density at radius 1 is 1.21 bits per heavy atom. The van der Waals surface area contributed by atoms with Gasteiger partial charge in [0, 0.05) is 0 Å². The first-order chi connectivity index (χ1) is 13.2. The monoisotopic (exact) mass is 424 g/mol. The van der Waals surface area contributed by atoms with E-state index >= 15 is 0 Å². The fraction of sp³-hybridized carbons (Fsp3) is 0.350. The number of halogens is 1. The lowest BCUT2D eigenvalue weighted by Gasteiger charge is -2.24. The molecule has 0 bridgehead atoms. The van der Waals surface area contributed by atoms with Crippen LogP contribution in [0.4, 0.5) is 5.69 Å². The van der Waals surface area contributed by atoms with Gasteiger partial charge in [0.2, 0.25) is 15.9 Å². The van der Waals surface area contributed by atoms with Gasteiger partial charge in [0.15, 0.2) is 0 Å². The molecular weight excluding hydrogens is 400 g/mol. The van der Waals surface area contributed by atoms with Crippen LogP contribution < -0.4 is 14.4 Å². The zero-order valence-electron chi connectivity index (χ0n) is 16.4. The number of aryl methyl sites for hydroxylation is 1. The van der Waals surface area contributed by atoms with Crippen molar-refractivity contribution >= 4 is 33.2 Å². The fourth-order valence-corrected chi connectivity index (χ4v) is 3.90. The second-order valence-corrected chi connectivity index (χ2v) is 8.84. The Morgan fingerprint density at radius 3 is 2.36 bits per heavy atom. The Balaban J connectivity index is 2.21. The number of rotatable bonds is 8. The molecular formula is C20H25ClN2O4S. The van der Waals surface area contributed by atoms with Gasteiger partial charge in [-0.2, -0.15) is 0 Å². The van der Waals surface area contributed by atoms with Gasteiger partial charge in [-0.05, 0) is 37.1 Å². The summed E-state index contributed by atoms with van der Waals surface area (Å²) in [7, 11) is -2.22. The first kappa shape index (κ1) is 22.0. The Kier molecular flexibility index (Phi) is 7.32. The van der Waals surface area contributed by atoms with Gasteiger partial charge in [0.05, 0.1) is 30.1 Å². The maximum absolute atomic E-state index is 12.6. The summed E-state index contributed by atoms with van der Waals surface area (Å²) in [6.07, 6.45) is 1.73. The van der Waals surface area contributed by atoms with Crippen LogP contribution in [0.2, 0.25) is 5.02 Å². The summed E-state index contributed by atoms with van der Waals surface area (Å²) in [5.41, 5.74) is 2.40. The molecule has 152 valence electrons. The summed E-state index contributed by atoms with van der Waals surface area (Å²) < 4.78 is 30.7. The summed E-state index contributed by atoms with van der Waals surface area (Å²) in [4.78, 5) is 12.6. The molecule has 0 unspecified atom stereocenters. The van der Waals surface area contributed by atoms with E-state index in [0.29, 0.717) is 17.9 Å². The zero-order valence-corrected chi connectivity index (χ0v) is 18.0. The van der Waals surface area contributed by atoms with Gasteiger partial charge in [-0.3, -0.25) is 9.10 Å². The van der Waals surface area contributed by atoms with Crippen LogP contribution in [0.5, 0.6) is 5.75 Å². The normalized spacial score (nSPS) is 12.3. The number of sulfonamides is 1. The van der Waals surface area contributed by atoms with Gasteiger partial charge in [-0.1, -0.05) is 48.4 Å². The topological polar surface area (TPSA) is 75.7 Å². The van der Waals surface area contributed by atoms with Crippen LogP contribution >= 0.6 is 11.6 Å². The van der Waals surface area contributed by atoms with Gasteiger partial charge in [-0.15, -0.1) is 0 Å². The summed E-state index contributed by atoms with van der Waals surface area (Å²) in [5, 5.41) is 3.17. The maximum atomic E-state index is 12.6. The van der Waals surface area contributed by atoms with Crippen LogP contribution in [0.1, 0.15) is 30.5 Å². The second kappa shape index (κ2) is 9.30. The third-order valence-electron chi connectivity index (χ3n) is 4.33. The molecule has 0 heterocycles. The van der Waals surface area contributed by atoms with E-state index in [1.807, 2.05) is 38.1 Å². The second-order valence-electron chi connectivity index (χ2n) is 6.53. The van der Waals surface area contributed by atoms with Gasteiger partial charge in [-0.25, -0.2) is 8.42 Å². The minimum atomic E-state index is -3.69. The van der Waals surface area contributed by atoms with E-state index in [9.17, 15) is 13.2 Å². The number of ether oxygens (including phenoxy) is 1. The Bertz CT molecular complexity index is 930. The summed E-state index contributed by atoms with van der Waals surface area (Å²) in [6.45, 7) is 3.61. The number of hydrogen-bond donors (Lipinski definition) is 1. The maximum Gasteiger partial charge on any atom is 0.241 e. The van der Waals surface area contributed by atoms with Crippen molar-refractivity contribution in [1.29, 1.82) is 0 Å². The molecule has 0 aromatic heterocycles. The van der Waals surface area contributed by atoms with Crippen LogP contribution in [-0.2, 0) is 14.8 Å². The van der Waals surface area contributed by atoms with Crippen LogP contribution in [0, 0.1) is 6.92 Å². The molecule has 0 aliphatic heterocycles. The number of nitrogens with zero attached hydrogens (tertiary/aromatic N) is 1.